The molecule has 110 valence electrons. The van der Waals surface area contributed by atoms with Gasteiger partial charge in [0, 0.05) is 23.1 Å². The first kappa shape index (κ1) is 14.6. The standard InChI is InChI=1S/C16H14Cl2FNO/c17-13-2-1-3-14(18)15(13)12-8-10(19)6-9-7-11(4-5-20)21-16(9)12/h1-3,6,8,11H,4-5,7,20H2/t11-/m1/s1. The van der Waals surface area contributed by atoms with E-state index in [1.165, 1.54) is 12.1 Å². The summed E-state index contributed by atoms with van der Waals surface area (Å²) in [6.45, 7) is 0.531. The molecule has 2 aromatic carbocycles. The van der Waals surface area contributed by atoms with E-state index in [0.717, 1.165) is 12.0 Å². The van der Waals surface area contributed by atoms with Crippen molar-refractivity contribution in [1.29, 1.82) is 0 Å². The first-order chi connectivity index (χ1) is 10.1. The molecule has 0 radical (unpaired) electrons. The van der Waals surface area contributed by atoms with Gasteiger partial charge in [-0.3, -0.25) is 0 Å². The molecule has 2 nitrogen and oxygen atoms in total. The molecule has 0 saturated carbocycles. The van der Waals surface area contributed by atoms with Gasteiger partial charge in [-0.05, 0) is 37.2 Å². The molecule has 0 amide bonds. The lowest BCUT2D eigenvalue weighted by molar-refractivity contribution is 0.225. The quantitative estimate of drug-likeness (QED) is 0.904. The Hall–Kier alpha value is -1.29. The second-order valence-electron chi connectivity index (χ2n) is 5.06. The average molecular weight is 326 g/mol. The van der Waals surface area contributed by atoms with Gasteiger partial charge in [-0.1, -0.05) is 29.3 Å². The van der Waals surface area contributed by atoms with Crippen LogP contribution in [-0.4, -0.2) is 12.6 Å². The predicted molar refractivity (Wildman–Crippen MR) is 83.6 cm³/mol. The summed E-state index contributed by atoms with van der Waals surface area (Å²) in [5, 5.41) is 0.947. The maximum Gasteiger partial charge on any atom is 0.131 e. The van der Waals surface area contributed by atoms with Crippen molar-refractivity contribution in [2.75, 3.05) is 6.54 Å². The van der Waals surface area contributed by atoms with Crippen LogP contribution in [-0.2, 0) is 6.42 Å². The summed E-state index contributed by atoms with van der Waals surface area (Å²) in [6.07, 6.45) is 1.36. The van der Waals surface area contributed by atoms with Crippen molar-refractivity contribution in [2.24, 2.45) is 5.73 Å². The number of benzene rings is 2. The summed E-state index contributed by atoms with van der Waals surface area (Å²) in [5.74, 6) is 0.335. The van der Waals surface area contributed by atoms with Crippen molar-refractivity contribution >= 4 is 23.2 Å². The molecular formula is C16H14Cl2FNO. The molecule has 1 heterocycles. The molecule has 1 atom stereocenters. The Kier molecular flexibility index (Phi) is 4.07. The van der Waals surface area contributed by atoms with E-state index in [2.05, 4.69) is 0 Å². The van der Waals surface area contributed by atoms with Crippen LogP contribution in [0, 0.1) is 5.82 Å². The van der Waals surface area contributed by atoms with Crippen LogP contribution < -0.4 is 10.5 Å². The van der Waals surface area contributed by atoms with Gasteiger partial charge >= 0.3 is 0 Å². The molecule has 0 aliphatic carbocycles. The topological polar surface area (TPSA) is 35.2 Å². The minimum atomic E-state index is -0.322. The van der Waals surface area contributed by atoms with E-state index in [-0.39, 0.29) is 11.9 Å². The van der Waals surface area contributed by atoms with Gasteiger partial charge in [0.1, 0.15) is 17.7 Å². The van der Waals surface area contributed by atoms with Crippen LogP contribution in [0.15, 0.2) is 30.3 Å². The predicted octanol–water partition coefficient (Wildman–Crippen LogP) is 4.45. The highest BCUT2D eigenvalue weighted by molar-refractivity contribution is 6.39. The number of hydrogen-bond acceptors (Lipinski definition) is 2. The maximum atomic E-state index is 13.9. The lowest BCUT2D eigenvalue weighted by Gasteiger charge is -2.14. The van der Waals surface area contributed by atoms with Gasteiger partial charge in [-0.15, -0.1) is 0 Å². The summed E-state index contributed by atoms with van der Waals surface area (Å²) in [4.78, 5) is 0. The summed E-state index contributed by atoms with van der Waals surface area (Å²) < 4.78 is 19.9. The Balaban J connectivity index is 2.14. The monoisotopic (exact) mass is 325 g/mol. The number of halogens is 3. The molecule has 0 saturated heterocycles. The van der Waals surface area contributed by atoms with Crippen molar-refractivity contribution in [2.45, 2.75) is 18.9 Å². The zero-order valence-corrected chi connectivity index (χ0v) is 12.7. The van der Waals surface area contributed by atoms with Gasteiger partial charge < -0.3 is 10.5 Å². The fraction of sp³-hybridized carbons (Fsp3) is 0.250. The largest absolute Gasteiger partial charge is 0.489 e. The van der Waals surface area contributed by atoms with Crippen molar-refractivity contribution in [3.8, 4) is 16.9 Å². The van der Waals surface area contributed by atoms with Gasteiger partial charge in [0.25, 0.3) is 0 Å². The molecule has 5 heteroatoms. The van der Waals surface area contributed by atoms with E-state index in [1.54, 1.807) is 18.2 Å². The van der Waals surface area contributed by atoms with Crippen LogP contribution in [0.3, 0.4) is 0 Å². The third-order valence-corrected chi connectivity index (χ3v) is 4.21. The van der Waals surface area contributed by atoms with E-state index in [1.807, 2.05) is 0 Å². The van der Waals surface area contributed by atoms with Crippen LogP contribution in [0.5, 0.6) is 5.75 Å². The lowest BCUT2D eigenvalue weighted by atomic mass is 9.99. The van der Waals surface area contributed by atoms with Gasteiger partial charge in [0.15, 0.2) is 0 Å². The summed E-state index contributed by atoms with van der Waals surface area (Å²) in [7, 11) is 0. The molecule has 1 aliphatic rings. The SMILES string of the molecule is NCC[C@@H]1Cc2cc(F)cc(-c3c(Cl)cccc3Cl)c2O1. The number of hydrogen-bond donors (Lipinski definition) is 1. The summed E-state index contributed by atoms with van der Waals surface area (Å²) in [5.41, 5.74) is 7.61. The fourth-order valence-corrected chi connectivity index (χ4v) is 3.28. The molecule has 1 aliphatic heterocycles. The molecule has 0 unspecified atom stereocenters. The van der Waals surface area contributed by atoms with Crippen LogP contribution >= 0.6 is 23.2 Å². The van der Waals surface area contributed by atoms with Crippen molar-refractivity contribution in [3.05, 3.63) is 51.8 Å². The highest BCUT2D eigenvalue weighted by atomic mass is 35.5. The third-order valence-electron chi connectivity index (χ3n) is 3.58. The van der Waals surface area contributed by atoms with Crippen LogP contribution in [0.4, 0.5) is 4.39 Å². The van der Waals surface area contributed by atoms with E-state index in [4.69, 9.17) is 33.7 Å². The number of nitrogens with two attached hydrogens (primary N) is 1. The van der Waals surface area contributed by atoms with E-state index >= 15 is 0 Å². The van der Waals surface area contributed by atoms with Crippen LogP contribution in [0.1, 0.15) is 12.0 Å². The van der Waals surface area contributed by atoms with Gasteiger partial charge in [0.2, 0.25) is 0 Å². The summed E-state index contributed by atoms with van der Waals surface area (Å²) >= 11 is 12.5. The zero-order chi connectivity index (χ0) is 15.0. The molecule has 0 aromatic heterocycles. The molecule has 3 rings (SSSR count). The van der Waals surface area contributed by atoms with Crippen LogP contribution in [0.25, 0.3) is 11.1 Å². The second kappa shape index (κ2) is 5.84. The van der Waals surface area contributed by atoms with Crippen molar-refractivity contribution in [3.63, 3.8) is 0 Å². The molecule has 21 heavy (non-hydrogen) atoms. The molecule has 0 spiro atoms. The van der Waals surface area contributed by atoms with Gasteiger partial charge in [-0.2, -0.15) is 0 Å². The van der Waals surface area contributed by atoms with E-state index in [9.17, 15) is 4.39 Å². The molecule has 2 aromatic rings. The van der Waals surface area contributed by atoms with E-state index < -0.39 is 0 Å². The van der Waals surface area contributed by atoms with Gasteiger partial charge in [0.05, 0.1) is 10.0 Å². The molecular weight excluding hydrogens is 312 g/mol. The average Bonchev–Trinajstić information content (AvgIpc) is 2.81. The third kappa shape index (κ3) is 2.73. The Labute approximate surface area is 132 Å². The molecule has 2 N–H and O–H groups in total. The Morgan fingerprint density at radius 2 is 1.95 bits per heavy atom. The normalized spacial score (nSPS) is 16.7. The highest BCUT2D eigenvalue weighted by Gasteiger charge is 2.27. The Morgan fingerprint density at radius 3 is 2.62 bits per heavy atom. The number of ether oxygens (including phenoxy) is 1. The summed E-state index contributed by atoms with van der Waals surface area (Å²) in [6, 6.07) is 8.13. The van der Waals surface area contributed by atoms with E-state index in [0.29, 0.717) is 39.9 Å². The van der Waals surface area contributed by atoms with Gasteiger partial charge in [-0.25, -0.2) is 4.39 Å². The van der Waals surface area contributed by atoms with Crippen molar-refractivity contribution < 1.29 is 9.13 Å². The minimum Gasteiger partial charge on any atom is -0.489 e. The molecule has 0 fully saturated rings. The van der Waals surface area contributed by atoms with Crippen molar-refractivity contribution in [1.82, 2.24) is 0 Å². The first-order valence-corrected chi connectivity index (χ1v) is 7.49. The zero-order valence-electron chi connectivity index (χ0n) is 11.2. The maximum absolute atomic E-state index is 13.9. The number of fused-ring (bicyclic) bond motifs is 1. The number of rotatable bonds is 3. The second-order valence-corrected chi connectivity index (χ2v) is 5.87. The first-order valence-electron chi connectivity index (χ1n) is 6.73. The minimum absolute atomic E-state index is 0.0215. The Morgan fingerprint density at radius 1 is 1.24 bits per heavy atom. The Bertz CT molecular complexity index is 670. The fourth-order valence-electron chi connectivity index (χ4n) is 2.68. The lowest BCUT2D eigenvalue weighted by Crippen LogP contribution is -2.17. The highest BCUT2D eigenvalue weighted by Crippen LogP contribution is 2.45. The van der Waals surface area contributed by atoms with Crippen LogP contribution in [0.2, 0.25) is 10.0 Å². The smallest absolute Gasteiger partial charge is 0.131 e. The molecule has 0 bridgehead atoms.